The fraction of sp³-hybridized carbons (Fsp3) is 0.364. The van der Waals surface area contributed by atoms with Gasteiger partial charge in [0, 0.05) is 5.92 Å². The number of ether oxygens (including phenoxy) is 1. The van der Waals surface area contributed by atoms with Crippen LogP contribution in [0.1, 0.15) is 32.6 Å². The van der Waals surface area contributed by atoms with E-state index in [2.05, 4.69) is 0 Å². The van der Waals surface area contributed by atoms with Crippen molar-refractivity contribution in [2.24, 2.45) is 15.9 Å². The molecule has 4 nitrogen and oxygen atoms in total. The van der Waals surface area contributed by atoms with Crippen LogP contribution in [-0.4, -0.2) is 27.4 Å². The quantitative estimate of drug-likeness (QED) is 0.760. The maximum atomic E-state index is 11.5. The summed E-state index contributed by atoms with van der Waals surface area (Å²) in [5, 5.41) is 13.2. The van der Waals surface area contributed by atoms with Crippen LogP contribution in [0.15, 0.2) is 64.6 Å². The lowest BCUT2D eigenvalue weighted by Crippen LogP contribution is -2.43. The van der Waals surface area contributed by atoms with E-state index in [0.717, 1.165) is 52.9 Å². The van der Waals surface area contributed by atoms with E-state index in [9.17, 15) is 5.11 Å². The van der Waals surface area contributed by atoms with Crippen LogP contribution in [0.2, 0.25) is 0 Å². The van der Waals surface area contributed by atoms with Gasteiger partial charge in [-0.1, -0.05) is 42.8 Å². The minimum Gasteiger partial charge on any atom is -0.494 e. The number of aliphatic imine (C=N–C) groups is 2. The Balaban J connectivity index is 1.66. The van der Waals surface area contributed by atoms with Crippen molar-refractivity contribution in [3.05, 3.63) is 54.6 Å². The molecular formula is C22H24N2O2S. The van der Waals surface area contributed by atoms with Gasteiger partial charge in [0.25, 0.3) is 0 Å². The van der Waals surface area contributed by atoms with Crippen LogP contribution >= 0.6 is 11.8 Å². The SMILES string of the molecule is CCOc1ccc(N=C2SC(=Nc3ccccc3)C3CCCCC23O)cc1. The van der Waals surface area contributed by atoms with Crippen molar-refractivity contribution >= 4 is 33.2 Å². The van der Waals surface area contributed by atoms with E-state index in [1.54, 1.807) is 0 Å². The van der Waals surface area contributed by atoms with E-state index in [1.165, 1.54) is 11.8 Å². The molecule has 0 radical (unpaired) electrons. The molecule has 0 bridgehead atoms. The highest BCUT2D eigenvalue weighted by atomic mass is 32.2. The van der Waals surface area contributed by atoms with Crippen LogP contribution in [0, 0.1) is 5.92 Å². The summed E-state index contributed by atoms with van der Waals surface area (Å²) in [4.78, 5) is 9.64. The summed E-state index contributed by atoms with van der Waals surface area (Å²) in [6.07, 6.45) is 3.85. The normalized spacial score (nSPS) is 27.7. The topological polar surface area (TPSA) is 54.2 Å². The number of thioether (sulfide) groups is 1. The van der Waals surface area contributed by atoms with Gasteiger partial charge in [0.05, 0.1) is 23.0 Å². The van der Waals surface area contributed by atoms with E-state index in [4.69, 9.17) is 14.7 Å². The summed E-state index contributed by atoms with van der Waals surface area (Å²) in [5.41, 5.74) is 0.865. The number of aliphatic hydroxyl groups is 1. The van der Waals surface area contributed by atoms with Gasteiger partial charge in [0.15, 0.2) is 0 Å². The molecule has 1 heterocycles. The van der Waals surface area contributed by atoms with Gasteiger partial charge < -0.3 is 9.84 Å². The number of rotatable bonds is 4. The van der Waals surface area contributed by atoms with E-state index < -0.39 is 5.60 Å². The fourth-order valence-electron chi connectivity index (χ4n) is 3.75. The van der Waals surface area contributed by atoms with Crippen LogP contribution in [0.5, 0.6) is 5.75 Å². The van der Waals surface area contributed by atoms with Crippen molar-refractivity contribution < 1.29 is 9.84 Å². The van der Waals surface area contributed by atoms with Gasteiger partial charge >= 0.3 is 0 Å². The zero-order valence-electron chi connectivity index (χ0n) is 15.5. The summed E-state index contributed by atoms with van der Waals surface area (Å²) >= 11 is 1.54. The Kier molecular flexibility index (Phi) is 5.32. The first-order valence-corrected chi connectivity index (χ1v) is 10.4. The number of benzene rings is 2. The lowest BCUT2D eigenvalue weighted by molar-refractivity contribution is 0.0493. The fourth-order valence-corrected chi connectivity index (χ4v) is 5.13. The molecule has 2 aromatic carbocycles. The van der Waals surface area contributed by atoms with Crippen molar-refractivity contribution in [1.82, 2.24) is 0 Å². The lowest BCUT2D eigenvalue weighted by Gasteiger charge is -2.33. The molecule has 2 unspecified atom stereocenters. The zero-order chi connectivity index (χ0) is 18.7. The second-order valence-corrected chi connectivity index (χ2v) is 7.96. The summed E-state index contributed by atoms with van der Waals surface area (Å²) < 4.78 is 5.50. The summed E-state index contributed by atoms with van der Waals surface area (Å²) in [6, 6.07) is 17.7. The molecular weight excluding hydrogens is 356 g/mol. The molecule has 0 spiro atoms. The Morgan fingerprint density at radius 3 is 2.52 bits per heavy atom. The first-order valence-electron chi connectivity index (χ1n) is 9.55. The summed E-state index contributed by atoms with van der Waals surface area (Å²) in [6.45, 7) is 2.61. The molecule has 1 saturated carbocycles. The summed E-state index contributed by atoms with van der Waals surface area (Å²) in [5.74, 6) is 0.874. The standard InChI is InChI=1S/C22H24N2O2S/c1-2-26-18-13-11-17(12-14-18)24-21-22(25)15-7-6-10-19(22)20(27-21)23-16-8-4-3-5-9-16/h3-5,8-9,11-14,19,25H,2,6-7,10,15H2,1H3. The molecule has 2 fully saturated rings. The Morgan fingerprint density at radius 1 is 1.04 bits per heavy atom. The summed E-state index contributed by atoms with van der Waals surface area (Å²) in [7, 11) is 0. The molecule has 0 amide bonds. The molecule has 2 atom stereocenters. The van der Waals surface area contributed by atoms with E-state index in [0.29, 0.717) is 6.61 Å². The van der Waals surface area contributed by atoms with Crippen molar-refractivity contribution in [2.75, 3.05) is 6.61 Å². The number of nitrogens with zero attached hydrogens (tertiary/aromatic N) is 2. The van der Waals surface area contributed by atoms with Crippen LogP contribution < -0.4 is 4.74 Å². The van der Waals surface area contributed by atoms with Gasteiger partial charge in [-0.05, 0) is 56.2 Å². The maximum absolute atomic E-state index is 11.5. The van der Waals surface area contributed by atoms with Crippen LogP contribution in [-0.2, 0) is 0 Å². The number of hydrogen-bond donors (Lipinski definition) is 1. The monoisotopic (exact) mass is 380 g/mol. The molecule has 4 rings (SSSR count). The number of fused-ring (bicyclic) bond motifs is 1. The van der Waals surface area contributed by atoms with Gasteiger partial charge in [-0.25, -0.2) is 9.98 Å². The van der Waals surface area contributed by atoms with E-state index in [1.807, 2.05) is 61.5 Å². The lowest BCUT2D eigenvalue weighted by atomic mass is 9.76. The minimum atomic E-state index is -0.894. The molecule has 0 aromatic heterocycles. The van der Waals surface area contributed by atoms with Crippen LogP contribution in [0.3, 0.4) is 0 Å². The largest absolute Gasteiger partial charge is 0.494 e. The van der Waals surface area contributed by atoms with Crippen LogP contribution in [0.4, 0.5) is 11.4 Å². The second kappa shape index (κ2) is 7.87. The van der Waals surface area contributed by atoms with Gasteiger partial charge in [-0.2, -0.15) is 0 Å². The van der Waals surface area contributed by atoms with Gasteiger partial charge in [-0.3, -0.25) is 0 Å². The second-order valence-electron chi connectivity index (χ2n) is 6.95. The number of para-hydroxylation sites is 1. The van der Waals surface area contributed by atoms with Crippen LogP contribution in [0.25, 0.3) is 0 Å². The zero-order valence-corrected chi connectivity index (χ0v) is 16.3. The molecule has 1 N–H and O–H groups in total. The smallest absolute Gasteiger partial charge is 0.122 e. The highest BCUT2D eigenvalue weighted by Gasteiger charge is 2.52. The highest BCUT2D eigenvalue weighted by Crippen LogP contribution is 2.48. The van der Waals surface area contributed by atoms with Gasteiger partial charge in [0.1, 0.15) is 16.4 Å². The van der Waals surface area contributed by atoms with E-state index in [-0.39, 0.29) is 5.92 Å². The first kappa shape index (κ1) is 18.3. The Hall–Kier alpha value is -2.11. The Labute approximate surface area is 164 Å². The van der Waals surface area contributed by atoms with Gasteiger partial charge in [-0.15, -0.1) is 0 Å². The third kappa shape index (κ3) is 3.80. The molecule has 2 aliphatic rings. The van der Waals surface area contributed by atoms with Crippen molar-refractivity contribution in [3.8, 4) is 5.75 Å². The average molecular weight is 381 g/mol. The third-order valence-electron chi connectivity index (χ3n) is 5.12. The predicted molar refractivity (Wildman–Crippen MR) is 113 cm³/mol. The van der Waals surface area contributed by atoms with E-state index >= 15 is 0 Å². The molecule has 2 aromatic rings. The highest BCUT2D eigenvalue weighted by molar-refractivity contribution is 8.27. The molecule has 1 aliphatic carbocycles. The minimum absolute atomic E-state index is 0.0397. The average Bonchev–Trinajstić information content (AvgIpc) is 2.96. The third-order valence-corrected chi connectivity index (χ3v) is 6.34. The molecule has 1 saturated heterocycles. The van der Waals surface area contributed by atoms with Gasteiger partial charge in [0.2, 0.25) is 0 Å². The molecule has 27 heavy (non-hydrogen) atoms. The molecule has 140 valence electrons. The first-order chi connectivity index (χ1) is 13.2. The molecule has 5 heteroatoms. The number of hydrogen-bond acceptors (Lipinski definition) is 5. The Morgan fingerprint density at radius 2 is 1.78 bits per heavy atom. The predicted octanol–water partition coefficient (Wildman–Crippen LogP) is 5.51. The van der Waals surface area contributed by atoms with Crippen molar-refractivity contribution in [3.63, 3.8) is 0 Å². The molecule has 1 aliphatic heterocycles. The maximum Gasteiger partial charge on any atom is 0.122 e. The van der Waals surface area contributed by atoms with Crippen molar-refractivity contribution in [2.45, 2.75) is 38.2 Å². The Bertz CT molecular complexity index is 848. The van der Waals surface area contributed by atoms with Crippen molar-refractivity contribution in [1.29, 1.82) is 0 Å².